The normalized spacial score (nSPS) is 12.7. The first-order valence-corrected chi connectivity index (χ1v) is 62.6. The van der Waals surface area contributed by atoms with Crippen molar-refractivity contribution >= 4 is 155 Å². The van der Waals surface area contributed by atoms with Crippen molar-refractivity contribution in [2.24, 2.45) is 0 Å². The van der Waals surface area contributed by atoms with E-state index in [9.17, 15) is 0 Å². The van der Waals surface area contributed by atoms with Crippen LogP contribution in [0.15, 0.2) is 158 Å². The summed E-state index contributed by atoms with van der Waals surface area (Å²) in [6.45, 7) is 30.9. The number of ether oxygens (including phenoxy) is 8. The summed E-state index contributed by atoms with van der Waals surface area (Å²) in [5.74, 6) is 6.60. The zero-order chi connectivity index (χ0) is 96.9. The minimum atomic E-state index is 0. The average Bonchev–Trinajstić information content (AvgIpc) is 1.59. The second-order valence-corrected chi connectivity index (χ2v) is 47.9. The molecular formula is C114H110Cl2N4O8Pt2S12. The molecular weight excluding hydrogens is 2400 g/mol. The molecule has 0 aliphatic carbocycles. The number of rotatable bonds is 28. The third kappa shape index (κ3) is 21.5. The molecule has 0 saturated heterocycles. The number of unbranched alkanes of at least 4 members (excludes halogenated alkanes) is 4. The molecule has 0 unspecified atom stereocenters. The molecule has 28 heteroatoms. The molecule has 0 fully saturated rings. The van der Waals surface area contributed by atoms with Gasteiger partial charge in [-0.2, -0.15) is 0 Å². The van der Waals surface area contributed by atoms with Crippen molar-refractivity contribution in [3.05, 3.63) is 234 Å². The predicted octanol–water partition coefficient (Wildman–Crippen LogP) is 37.5. The van der Waals surface area contributed by atoms with Crippen molar-refractivity contribution in [1.82, 2.24) is 19.9 Å². The van der Waals surface area contributed by atoms with Crippen molar-refractivity contribution in [2.45, 2.75) is 175 Å². The van der Waals surface area contributed by atoms with Gasteiger partial charge in [0.15, 0.2) is 46.0 Å². The van der Waals surface area contributed by atoms with Gasteiger partial charge >= 0.3 is 56.4 Å². The molecule has 0 N–H and O–H groups in total. The number of hydrogen-bond acceptors (Lipinski definition) is 24. The maximum absolute atomic E-state index is 6.38. The van der Waals surface area contributed by atoms with Crippen LogP contribution in [0.5, 0.6) is 46.0 Å². The third-order valence-electron chi connectivity index (χ3n) is 25.4. The van der Waals surface area contributed by atoms with E-state index in [0.29, 0.717) is 52.9 Å². The molecule has 0 saturated carbocycles. The second kappa shape index (κ2) is 47.7. The Morgan fingerprint density at radius 1 is 0.254 bits per heavy atom. The van der Waals surface area contributed by atoms with Crippen molar-refractivity contribution in [3.8, 4) is 211 Å². The summed E-state index contributed by atoms with van der Waals surface area (Å²) in [6.07, 6.45) is 22.3. The van der Waals surface area contributed by atoms with E-state index in [0.717, 1.165) is 178 Å². The van der Waals surface area contributed by atoms with Gasteiger partial charge in [0.1, 0.15) is 52.9 Å². The Morgan fingerprint density at radius 2 is 0.493 bits per heavy atom. The van der Waals surface area contributed by atoms with Gasteiger partial charge in [-0.1, -0.05) is 139 Å². The topological polar surface area (TPSA) is 125 Å². The third-order valence-corrected chi connectivity index (χ3v) is 41.0. The number of aromatic nitrogens is 4. The summed E-state index contributed by atoms with van der Waals surface area (Å²) in [7, 11) is 9.22. The van der Waals surface area contributed by atoms with Crippen molar-refractivity contribution in [2.75, 3.05) is 52.9 Å². The summed E-state index contributed by atoms with van der Waals surface area (Å²) in [5, 5.41) is 0. The Kier molecular flexibility index (Phi) is 35.4. The number of halogens is 2. The van der Waals surface area contributed by atoms with E-state index in [-0.39, 0.29) is 14.9 Å². The molecule has 142 heavy (non-hydrogen) atoms. The number of hydrogen-bond donors (Lipinski definition) is 0. The number of thiophene rings is 12. The molecule has 0 atom stereocenters. The summed E-state index contributed by atoms with van der Waals surface area (Å²) in [6, 6.07) is 55.2. The van der Waals surface area contributed by atoms with Gasteiger partial charge in [-0.25, -0.2) is 0 Å². The summed E-state index contributed by atoms with van der Waals surface area (Å²) >= 11 is 25.3. The molecule has 0 radical (unpaired) electrons. The first kappa shape index (κ1) is 105. The molecule has 2 aromatic carbocycles. The molecule has 0 bridgehead atoms. The van der Waals surface area contributed by atoms with Crippen LogP contribution >= 0.6 is 155 Å². The van der Waals surface area contributed by atoms with E-state index in [1.54, 1.807) is 128 Å². The number of aryl methyl sites for hydroxylation is 4. The number of nitrogens with zero attached hydrogens (tertiary/aromatic N) is 4. The van der Waals surface area contributed by atoms with Crippen LogP contribution in [0.3, 0.4) is 0 Å². The SMILES string of the molecule is C.C.CCCCc1c(-c2ccc(C)s2)sc(-c2ccc(-c3ccc(-c4[c-]c(-c5ccc(-c6ccc(-c7sc(-c8ccc(C)s8)c(CCCC)c7CCCC)s6)cn5)ccc4)nc3)s2)c1CCCC.Cc1sc(-c2sc(-c3sc(-c4ccc(-c5[c-]c(-c6ccc(-c7sc(-c8sc(-c9sc(C)c%10c9OCCO%10)c(C)c8C)c8c7OCCO8)cn6)ccc5)nc4)c4c3OCCO4)c(C)c2C)c2c1OCCO2.[Cl][Pt+].[Cl][Pt+]. The fraction of sp³-hybridized carbons (Fsp3) is 0.298. The quantitative estimate of drug-likeness (QED) is 0.0434. The van der Waals surface area contributed by atoms with E-state index < -0.39 is 0 Å². The molecule has 16 aromatic heterocycles. The van der Waals surface area contributed by atoms with Gasteiger partial charge in [-0.3, -0.25) is 19.9 Å². The van der Waals surface area contributed by atoms with Crippen LogP contribution in [0.1, 0.15) is 158 Å². The fourth-order valence-electron chi connectivity index (χ4n) is 18.0. The first-order valence-electron chi connectivity index (χ1n) is 47.2. The van der Waals surface area contributed by atoms with Gasteiger partial charge in [0, 0.05) is 138 Å². The molecule has 4 aliphatic rings. The zero-order valence-corrected chi connectivity index (χ0v) is 95.3. The van der Waals surface area contributed by atoms with E-state index in [1.807, 2.05) is 111 Å². The summed E-state index contributed by atoms with van der Waals surface area (Å²) < 4.78 is 49.8. The summed E-state index contributed by atoms with van der Waals surface area (Å²) in [5.41, 5.74) is 22.7. The second-order valence-electron chi connectivity index (χ2n) is 34.6. The van der Waals surface area contributed by atoms with Crippen LogP contribution < -0.4 is 37.9 Å². The fourth-order valence-corrected chi connectivity index (χ4v) is 32.9. The summed E-state index contributed by atoms with van der Waals surface area (Å²) in [4.78, 5) is 50.1. The van der Waals surface area contributed by atoms with E-state index in [4.69, 9.17) is 57.8 Å². The van der Waals surface area contributed by atoms with Crippen LogP contribution in [0, 0.1) is 67.5 Å². The van der Waals surface area contributed by atoms with Gasteiger partial charge in [-0.05, 0) is 200 Å². The Hall–Kier alpha value is -8.20. The average molecular weight is 2510 g/mol. The van der Waals surface area contributed by atoms with Crippen molar-refractivity contribution < 1.29 is 75.4 Å². The number of benzene rings is 2. The Bertz CT molecular complexity index is 7010. The van der Waals surface area contributed by atoms with Crippen LogP contribution in [0.4, 0.5) is 0 Å². The standard InChI is InChI=1S/C58H59N2S6.C54H43N2O8S6.2CH4.2ClH.2Pt/c1-7-11-18-43-45(20-13-9-3)57(65-55(43)51-28-22-37(5)61-51)53-32-30-49(63-53)41-24-26-47(59-35-41)39-16-15-17-40(34-39)48-27-25-42(36-60-48)50-31-33-54(64-50)58-46(21-14-10-4)44(19-12-8-2)56(66-58)52-29-23-38(6)62-52;1-25-27(3)47(67-45(25)51-39-37(29(5)65-51)57-14-16-59-39)53-43-41(61-18-20-63-43)49(69-53)33-10-12-35(55-23-33)31-8-7-9-32(22-31)36-13-11-34(24-56-36)50-42-44(64-21-19-62-42)54(70-50)48-28(4)26(2)46(68-48)52-40-38(30(6)66-52)58-15-17-60-40;;;;;;/h15-17,22-33,35-36H,7-14,18-21H2,1-6H3;7-13,23-24H,14-21H2,1-6H3;2*1H4;2*1H;;/q2*-1;;;;;2*+2/p-2. The van der Waals surface area contributed by atoms with Crippen LogP contribution in [0.25, 0.3) is 165 Å². The maximum atomic E-state index is 6.38. The van der Waals surface area contributed by atoms with Gasteiger partial charge in [-0.15, -0.1) is 185 Å². The molecule has 0 amide bonds. The van der Waals surface area contributed by atoms with Crippen LogP contribution in [0.2, 0.25) is 0 Å². The minimum absolute atomic E-state index is 0. The molecule has 18 aromatic rings. The Morgan fingerprint density at radius 3 is 0.768 bits per heavy atom. The van der Waals surface area contributed by atoms with Crippen LogP contribution in [-0.2, 0) is 63.2 Å². The van der Waals surface area contributed by atoms with Gasteiger partial charge in [0.25, 0.3) is 0 Å². The predicted molar refractivity (Wildman–Crippen MR) is 605 cm³/mol. The molecule has 12 nitrogen and oxygen atoms in total. The van der Waals surface area contributed by atoms with Crippen LogP contribution in [-0.4, -0.2) is 72.8 Å². The van der Waals surface area contributed by atoms with E-state index in [1.165, 1.54) is 152 Å². The number of pyridine rings is 4. The van der Waals surface area contributed by atoms with Crippen molar-refractivity contribution in [1.29, 1.82) is 0 Å². The molecule has 22 rings (SSSR count). The van der Waals surface area contributed by atoms with E-state index in [2.05, 4.69) is 229 Å². The van der Waals surface area contributed by atoms with E-state index >= 15 is 0 Å². The Labute approximate surface area is 913 Å². The Balaban J connectivity index is 0.000000187. The first-order chi connectivity index (χ1) is 68.5. The van der Waals surface area contributed by atoms with Gasteiger partial charge in [0.2, 0.25) is 0 Å². The molecule has 4 aliphatic heterocycles. The van der Waals surface area contributed by atoms with Gasteiger partial charge in [0.05, 0.1) is 48.8 Å². The van der Waals surface area contributed by atoms with Crippen molar-refractivity contribution in [3.63, 3.8) is 0 Å². The van der Waals surface area contributed by atoms with Gasteiger partial charge < -0.3 is 37.9 Å². The molecule has 20 heterocycles. The molecule has 740 valence electrons. The number of fused-ring (bicyclic) bond motifs is 4. The monoisotopic (exact) mass is 2510 g/mol. The zero-order valence-electron chi connectivity index (χ0n) is 79.5. The molecule has 0 spiro atoms.